The van der Waals surface area contributed by atoms with Gasteiger partial charge in [0, 0.05) is 22.6 Å². The van der Waals surface area contributed by atoms with Crippen molar-refractivity contribution in [1.82, 2.24) is 4.98 Å². The van der Waals surface area contributed by atoms with Gasteiger partial charge in [-0.3, -0.25) is 9.78 Å². The van der Waals surface area contributed by atoms with Crippen LogP contribution in [0.1, 0.15) is 22.8 Å². The molecule has 5 heteroatoms. The van der Waals surface area contributed by atoms with Crippen LogP contribution in [0.4, 0.5) is 17.1 Å². The molecule has 3 rings (SSSR count). The number of anilines is 3. The van der Waals surface area contributed by atoms with Crippen LogP contribution in [0.15, 0.2) is 67.0 Å². The molecular weight excluding hydrogens is 334 g/mol. The van der Waals surface area contributed by atoms with Crippen molar-refractivity contribution in [2.75, 3.05) is 10.6 Å². The molecule has 0 aliphatic carbocycles. The Labute approximate surface area is 151 Å². The second kappa shape index (κ2) is 7.81. The average Bonchev–Trinajstić information content (AvgIpc) is 2.64. The van der Waals surface area contributed by atoms with Gasteiger partial charge in [-0.1, -0.05) is 36.7 Å². The Morgan fingerprint density at radius 2 is 1.80 bits per heavy atom. The Balaban J connectivity index is 1.76. The summed E-state index contributed by atoms with van der Waals surface area (Å²) in [6.45, 7) is 2.06. The molecule has 2 N–H and O–H groups in total. The highest BCUT2D eigenvalue weighted by Crippen LogP contribution is 2.20. The molecule has 1 heterocycles. The first-order valence-corrected chi connectivity index (χ1v) is 8.40. The predicted octanol–water partition coefficient (Wildman–Crippen LogP) is 5.29. The van der Waals surface area contributed by atoms with Crippen molar-refractivity contribution in [1.29, 1.82) is 0 Å². The molecule has 126 valence electrons. The quantitative estimate of drug-likeness (QED) is 0.656. The van der Waals surface area contributed by atoms with Crippen LogP contribution in [0.2, 0.25) is 5.02 Å². The molecule has 0 bridgehead atoms. The molecule has 0 aliphatic rings. The summed E-state index contributed by atoms with van der Waals surface area (Å²) < 4.78 is 0. The molecule has 1 amide bonds. The molecule has 0 saturated carbocycles. The molecule has 0 radical (unpaired) electrons. The number of carbonyl (C=O) groups is 1. The number of halogens is 1. The normalized spacial score (nSPS) is 10.3. The highest BCUT2D eigenvalue weighted by molar-refractivity contribution is 6.30. The monoisotopic (exact) mass is 351 g/mol. The van der Waals surface area contributed by atoms with E-state index in [2.05, 4.69) is 22.5 Å². The molecular formula is C20H18ClN3O. The summed E-state index contributed by atoms with van der Waals surface area (Å²) in [5.74, 6) is -0.187. The van der Waals surface area contributed by atoms with E-state index in [1.54, 1.807) is 30.6 Å². The summed E-state index contributed by atoms with van der Waals surface area (Å²) in [6.07, 6.45) is 4.08. The molecule has 0 atom stereocenters. The molecule has 1 aromatic heterocycles. The number of hydrogen-bond donors (Lipinski definition) is 2. The van der Waals surface area contributed by atoms with Crippen LogP contribution in [0.3, 0.4) is 0 Å². The number of benzene rings is 2. The molecule has 0 aliphatic heterocycles. The fourth-order valence-electron chi connectivity index (χ4n) is 2.48. The maximum Gasteiger partial charge on any atom is 0.257 e. The topological polar surface area (TPSA) is 54.0 Å². The number of nitrogens with one attached hydrogen (secondary N) is 2. The maximum absolute atomic E-state index is 12.5. The van der Waals surface area contributed by atoms with E-state index in [4.69, 9.17) is 11.6 Å². The van der Waals surface area contributed by atoms with Crippen molar-refractivity contribution in [3.8, 4) is 0 Å². The van der Waals surface area contributed by atoms with Gasteiger partial charge < -0.3 is 10.6 Å². The van der Waals surface area contributed by atoms with Gasteiger partial charge in [0.1, 0.15) is 0 Å². The van der Waals surface area contributed by atoms with E-state index in [-0.39, 0.29) is 5.91 Å². The first-order chi connectivity index (χ1) is 12.2. The predicted molar refractivity (Wildman–Crippen MR) is 103 cm³/mol. The molecule has 25 heavy (non-hydrogen) atoms. The Morgan fingerprint density at radius 3 is 2.56 bits per heavy atom. The lowest BCUT2D eigenvalue weighted by Gasteiger charge is -2.11. The smallest absolute Gasteiger partial charge is 0.257 e. The summed E-state index contributed by atoms with van der Waals surface area (Å²) in [4.78, 5) is 16.7. The standard InChI is InChI=1S/C20H18ClN3O/c1-2-14-5-3-4-6-19(14)24-20(25)15-11-18(13-22-12-15)23-17-9-7-16(21)8-10-17/h3-13,23H,2H2,1H3,(H,24,25). The van der Waals surface area contributed by atoms with Gasteiger partial charge in [-0.15, -0.1) is 0 Å². The first kappa shape index (κ1) is 17.0. The summed E-state index contributed by atoms with van der Waals surface area (Å²) in [5, 5.41) is 6.84. The van der Waals surface area contributed by atoms with E-state index < -0.39 is 0 Å². The molecule has 0 unspecified atom stereocenters. The highest BCUT2D eigenvalue weighted by Gasteiger charge is 2.09. The van der Waals surface area contributed by atoms with Gasteiger partial charge >= 0.3 is 0 Å². The van der Waals surface area contributed by atoms with Crippen LogP contribution < -0.4 is 10.6 Å². The van der Waals surface area contributed by atoms with Crippen LogP contribution in [0, 0.1) is 0 Å². The van der Waals surface area contributed by atoms with Crippen LogP contribution in [-0.2, 0) is 6.42 Å². The van der Waals surface area contributed by atoms with Crippen LogP contribution in [-0.4, -0.2) is 10.9 Å². The largest absolute Gasteiger partial charge is 0.354 e. The van der Waals surface area contributed by atoms with Crippen molar-refractivity contribution in [3.63, 3.8) is 0 Å². The van der Waals surface area contributed by atoms with Gasteiger partial charge in [-0.25, -0.2) is 0 Å². The van der Waals surface area contributed by atoms with E-state index in [1.165, 1.54) is 0 Å². The zero-order chi connectivity index (χ0) is 17.6. The van der Waals surface area contributed by atoms with E-state index in [0.717, 1.165) is 29.0 Å². The third-order valence-corrected chi connectivity index (χ3v) is 4.03. The SMILES string of the molecule is CCc1ccccc1NC(=O)c1cncc(Nc2ccc(Cl)cc2)c1. The van der Waals surface area contributed by atoms with Crippen LogP contribution in [0.5, 0.6) is 0 Å². The summed E-state index contributed by atoms with van der Waals surface area (Å²) >= 11 is 5.89. The number of aromatic nitrogens is 1. The third kappa shape index (κ3) is 4.37. The lowest BCUT2D eigenvalue weighted by molar-refractivity contribution is 0.102. The molecule has 3 aromatic rings. The molecule has 2 aromatic carbocycles. The molecule has 0 fully saturated rings. The summed E-state index contributed by atoms with van der Waals surface area (Å²) in [5.41, 5.74) is 4.02. The molecule has 4 nitrogen and oxygen atoms in total. The number of rotatable bonds is 5. The van der Waals surface area contributed by atoms with Gasteiger partial charge in [-0.2, -0.15) is 0 Å². The van der Waals surface area contributed by atoms with Gasteiger partial charge in [0.15, 0.2) is 0 Å². The fraction of sp³-hybridized carbons (Fsp3) is 0.100. The summed E-state index contributed by atoms with van der Waals surface area (Å²) in [7, 11) is 0. The lowest BCUT2D eigenvalue weighted by atomic mass is 10.1. The molecule has 0 saturated heterocycles. The minimum atomic E-state index is -0.187. The second-order valence-electron chi connectivity index (χ2n) is 5.56. The van der Waals surface area contributed by atoms with Crippen LogP contribution >= 0.6 is 11.6 Å². The van der Waals surface area contributed by atoms with E-state index in [1.807, 2.05) is 36.4 Å². The van der Waals surface area contributed by atoms with Crippen molar-refractivity contribution >= 4 is 34.6 Å². The van der Waals surface area contributed by atoms with Crippen molar-refractivity contribution in [2.45, 2.75) is 13.3 Å². The van der Waals surface area contributed by atoms with Gasteiger partial charge in [0.2, 0.25) is 0 Å². The van der Waals surface area contributed by atoms with Crippen molar-refractivity contribution in [2.24, 2.45) is 0 Å². The zero-order valence-electron chi connectivity index (χ0n) is 13.8. The maximum atomic E-state index is 12.5. The highest BCUT2D eigenvalue weighted by atomic mass is 35.5. The van der Waals surface area contributed by atoms with E-state index in [9.17, 15) is 4.79 Å². The van der Waals surface area contributed by atoms with Crippen LogP contribution in [0.25, 0.3) is 0 Å². The number of aryl methyl sites for hydroxylation is 1. The molecule has 0 spiro atoms. The third-order valence-electron chi connectivity index (χ3n) is 3.78. The average molecular weight is 352 g/mol. The van der Waals surface area contributed by atoms with Gasteiger partial charge in [0.25, 0.3) is 5.91 Å². The Bertz CT molecular complexity index is 878. The first-order valence-electron chi connectivity index (χ1n) is 8.02. The number of amides is 1. The van der Waals surface area contributed by atoms with E-state index >= 15 is 0 Å². The minimum Gasteiger partial charge on any atom is -0.354 e. The number of nitrogens with zero attached hydrogens (tertiary/aromatic N) is 1. The number of para-hydroxylation sites is 1. The number of hydrogen-bond acceptors (Lipinski definition) is 3. The Kier molecular flexibility index (Phi) is 5.31. The van der Waals surface area contributed by atoms with Gasteiger partial charge in [0.05, 0.1) is 17.4 Å². The fourth-order valence-corrected chi connectivity index (χ4v) is 2.60. The zero-order valence-corrected chi connectivity index (χ0v) is 14.5. The number of pyridine rings is 1. The van der Waals surface area contributed by atoms with Gasteiger partial charge in [-0.05, 0) is 48.4 Å². The Morgan fingerprint density at radius 1 is 1.04 bits per heavy atom. The summed E-state index contributed by atoms with van der Waals surface area (Å²) in [6, 6.07) is 16.9. The second-order valence-corrected chi connectivity index (χ2v) is 6.00. The van der Waals surface area contributed by atoms with Crippen molar-refractivity contribution in [3.05, 3.63) is 83.1 Å². The van der Waals surface area contributed by atoms with E-state index in [0.29, 0.717) is 10.6 Å². The minimum absolute atomic E-state index is 0.187. The lowest BCUT2D eigenvalue weighted by Crippen LogP contribution is -2.13. The van der Waals surface area contributed by atoms with Crippen molar-refractivity contribution < 1.29 is 4.79 Å². The number of carbonyl (C=O) groups excluding carboxylic acids is 1. The Hall–Kier alpha value is -2.85.